The molecule has 1 saturated carbocycles. The van der Waals surface area contributed by atoms with Gasteiger partial charge in [-0.05, 0) is 38.1 Å². The number of halogens is 1. The molecule has 0 saturated heterocycles. The van der Waals surface area contributed by atoms with Crippen molar-refractivity contribution in [2.24, 2.45) is 0 Å². The van der Waals surface area contributed by atoms with Gasteiger partial charge in [-0.15, -0.1) is 0 Å². The molecular weight excluding hydrogens is 209 g/mol. The van der Waals surface area contributed by atoms with Crippen molar-refractivity contribution < 1.29 is 14.3 Å². The molecule has 1 N–H and O–H groups in total. The molecule has 4 heteroatoms. The Hall–Kier alpha value is -1.42. The summed E-state index contributed by atoms with van der Waals surface area (Å²) in [5.74, 6) is -0.905. The average molecular weight is 223 g/mol. The molecule has 1 fully saturated rings. The fourth-order valence-electron chi connectivity index (χ4n) is 1.69. The predicted molar refractivity (Wildman–Crippen MR) is 58.0 cm³/mol. The lowest BCUT2D eigenvalue weighted by molar-refractivity contribution is 0.0939. The third kappa shape index (κ3) is 2.39. The van der Waals surface area contributed by atoms with Crippen molar-refractivity contribution >= 4 is 5.78 Å². The van der Waals surface area contributed by atoms with Crippen LogP contribution < -0.4 is 0 Å². The van der Waals surface area contributed by atoms with Crippen LogP contribution >= 0.6 is 0 Å². The highest BCUT2D eigenvalue weighted by Crippen LogP contribution is 2.26. The molecule has 1 aliphatic rings. The van der Waals surface area contributed by atoms with Crippen molar-refractivity contribution in [1.29, 1.82) is 0 Å². The van der Waals surface area contributed by atoms with E-state index in [1.165, 1.54) is 6.07 Å². The first kappa shape index (κ1) is 11.1. The van der Waals surface area contributed by atoms with Gasteiger partial charge in [0.15, 0.2) is 5.78 Å². The highest BCUT2D eigenvalue weighted by molar-refractivity contribution is 6.00. The topological polar surface area (TPSA) is 40.5 Å². The Balaban J connectivity index is 2.10. The van der Waals surface area contributed by atoms with Crippen LogP contribution in [-0.2, 0) is 0 Å². The van der Waals surface area contributed by atoms with Gasteiger partial charge in [-0.2, -0.15) is 0 Å². The first-order chi connectivity index (χ1) is 7.58. The van der Waals surface area contributed by atoms with Crippen LogP contribution in [0, 0.1) is 5.82 Å². The minimum atomic E-state index is -0.504. The molecule has 1 aliphatic carbocycles. The highest BCUT2D eigenvalue weighted by Gasteiger charge is 2.28. The van der Waals surface area contributed by atoms with Gasteiger partial charge in [-0.25, -0.2) is 4.39 Å². The molecule has 1 aromatic carbocycles. The molecule has 2 rings (SSSR count). The van der Waals surface area contributed by atoms with Gasteiger partial charge in [0.05, 0.1) is 12.1 Å². The minimum Gasteiger partial charge on any atom is -0.507 e. The molecule has 0 amide bonds. The summed E-state index contributed by atoms with van der Waals surface area (Å²) in [6.07, 6.45) is 2.22. The molecule has 0 spiro atoms. The number of hydrogen-bond donors (Lipinski definition) is 1. The molecule has 3 nitrogen and oxygen atoms in total. The largest absolute Gasteiger partial charge is 0.507 e. The van der Waals surface area contributed by atoms with Crippen LogP contribution in [0.1, 0.15) is 23.2 Å². The number of carbonyl (C=O) groups is 1. The third-order valence-electron chi connectivity index (χ3n) is 2.82. The van der Waals surface area contributed by atoms with Crippen LogP contribution in [0.2, 0.25) is 0 Å². The lowest BCUT2D eigenvalue weighted by atomic mass is 10.1. The van der Waals surface area contributed by atoms with Crippen LogP contribution in [0.3, 0.4) is 0 Å². The van der Waals surface area contributed by atoms with Crippen LogP contribution in [0.15, 0.2) is 18.2 Å². The molecular formula is C12H14FNO2. The molecule has 0 aromatic heterocycles. The summed E-state index contributed by atoms with van der Waals surface area (Å²) in [7, 11) is 1.87. The van der Waals surface area contributed by atoms with Crippen LogP contribution in [-0.4, -0.2) is 35.4 Å². The zero-order valence-corrected chi connectivity index (χ0v) is 9.11. The summed E-state index contributed by atoms with van der Waals surface area (Å²) in [6.45, 7) is 0.224. The molecule has 0 atom stereocenters. The number of phenolic OH excluding ortho intramolecular Hbond substituents is 1. The lowest BCUT2D eigenvalue weighted by Gasteiger charge is -2.14. The number of benzene rings is 1. The van der Waals surface area contributed by atoms with E-state index in [0.717, 1.165) is 25.0 Å². The van der Waals surface area contributed by atoms with Crippen molar-refractivity contribution in [2.45, 2.75) is 18.9 Å². The second-order valence-electron chi connectivity index (χ2n) is 4.23. The second kappa shape index (κ2) is 4.22. The molecule has 0 radical (unpaired) electrons. The number of aromatic hydroxyl groups is 1. The Morgan fingerprint density at radius 3 is 2.88 bits per heavy atom. The lowest BCUT2D eigenvalue weighted by Crippen LogP contribution is -2.28. The van der Waals surface area contributed by atoms with Crippen molar-refractivity contribution in [2.75, 3.05) is 13.6 Å². The van der Waals surface area contributed by atoms with Crippen LogP contribution in [0.4, 0.5) is 4.39 Å². The quantitative estimate of drug-likeness (QED) is 0.791. The van der Waals surface area contributed by atoms with Gasteiger partial charge in [-0.1, -0.05) is 0 Å². The number of ketones is 1. The maximum Gasteiger partial charge on any atom is 0.180 e. The molecule has 0 unspecified atom stereocenters. The summed E-state index contributed by atoms with van der Waals surface area (Å²) in [4.78, 5) is 13.7. The Bertz CT molecular complexity index is 415. The fraction of sp³-hybridized carbons (Fsp3) is 0.417. The number of hydrogen-bond acceptors (Lipinski definition) is 3. The van der Waals surface area contributed by atoms with Gasteiger partial charge in [-0.3, -0.25) is 9.69 Å². The van der Waals surface area contributed by atoms with Crippen molar-refractivity contribution in [3.63, 3.8) is 0 Å². The van der Waals surface area contributed by atoms with E-state index >= 15 is 0 Å². The van der Waals surface area contributed by atoms with E-state index in [1.807, 2.05) is 11.9 Å². The number of likely N-dealkylation sites (N-methyl/N-ethyl adjacent to an activating group) is 1. The summed E-state index contributed by atoms with van der Waals surface area (Å²) >= 11 is 0. The molecule has 16 heavy (non-hydrogen) atoms. The monoisotopic (exact) mass is 223 g/mol. The van der Waals surface area contributed by atoms with E-state index in [2.05, 4.69) is 0 Å². The summed E-state index contributed by atoms with van der Waals surface area (Å²) < 4.78 is 12.9. The molecule has 86 valence electrons. The number of phenols is 1. The maximum absolute atomic E-state index is 12.9. The molecule has 1 aromatic rings. The van der Waals surface area contributed by atoms with Crippen LogP contribution in [0.25, 0.3) is 0 Å². The van der Waals surface area contributed by atoms with Gasteiger partial charge in [0, 0.05) is 6.04 Å². The Labute approximate surface area is 93.5 Å². The normalized spacial score (nSPS) is 15.4. The zero-order valence-electron chi connectivity index (χ0n) is 9.11. The second-order valence-corrected chi connectivity index (χ2v) is 4.23. The van der Waals surface area contributed by atoms with E-state index in [4.69, 9.17) is 0 Å². The zero-order chi connectivity index (χ0) is 11.7. The van der Waals surface area contributed by atoms with E-state index in [-0.39, 0.29) is 23.6 Å². The summed E-state index contributed by atoms with van der Waals surface area (Å²) in [5.41, 5.74) is 0.0625. The Morgan fingerprint density at radius 1 is 1.56 bits per heavy atom. The van der Waals surface area contributed by atoms with Gasteiger partial charge in [0.2, 0.25) is 0 Å². The SMILES string of the molecule is CN(CC(=O)c1cc(F)ccc1O)C1CC1. The van der Waals surface area contributed by atoms with Gasteiger partial charge in [0.25, 0.3) is 0 Å². The number of rotatable bonds is 4. The van der Waals surface area contributed by atoms with Gasteiger partial charge in [0.1, 0.15) is 11.6 Å². The van der Waals surface area contributed by atoms with E-state index in [1.54, 1.807) is 0 Å². The first-order valence-electron chi connectivity index (χ1n) is 5.30. The Morgan fingerprint density at radius 2 is 2.25 bits per heavy atom. The third-order valence-corrected chi connectivity index (χ3v) is 2.82. The number of Topliss-reactive ketones (excluding diaryl/α,β-unsaturated/α-hetero) is 1. The van der Waals surface area contributed by atoms with Crippen molar-refractivity contribution in [3.05, 3.63) is 29.6 Å². The predicted octanol–water partition coefficient (Wildman–Crippen LogP) is 1.81. The van der Waals surface area contributed by atoms with E-state index in [9.17, 15) is 14.3 Å². The minimum absolute atomic E-state index is 0.0625. The highest BCUT2D eigenvalue weighted by atomic mass is 19.1. The molecule has 0 bridgehead atoms. The Kier molecular flexibility index (Phi) is 2.92. The number of nitrogens with zero attached hydrogens (tertiary/aromatic N) is 1. The standard InChI is InChI=1S/C12H14FNO2/c1-14(9-3-4-9)7-12(16)10-6-8(13)2-5-11(10)15/h2,5-6,9,15H,3-4,7H2,1H3. The van der Waals surface area contributed by atoms with Crippen molar-refractivity contribution in [1.82, 2.24) is 4.90 Å². The smallest absolute Gasteiger partial charge is 0.180 e. The average Bonchev–Trinajstić information content (AvgIpc) is 3.04. The summed E-state index contributed by atoms with van der Waals surface area (Å²) in [5, 5.41) is 9.47. The summed E-state index contributed by atoms with van der Waals surface area (Å²) in [6, 6.07) is 3.90. The molecule has 0 aliphatic heterocycles. The van der Waals surface area contributed by atoms with E-state index in [0.29, 0.717) is 6.04 Å². The first-order valence-corrected chi connectivity index (χ1v) is 5.30. The van der Waals surface area contributed by atoms with Crippen LogP contribution in [0.5, 0.6) is 5.75 Å². The van der Waals surface area contributed by atoms with E-state index < -0.39 is 5.82 Å². The molecule has 0 heterocycles. The fourth-order valence-corrected chi connectivity index (χ4v) is 1.69. The maximum atomic E-state index is 12.9. The van der Waals surface area contributed by atoms with Gasteiger partial charge >= 0.3 is 0 Å². The van der Waals surface area contributed by atoms with Crippen molar-refractivity contribution in [3.8, 4) is 5.75 Å². The number of carbonyl (C=O) groups excluding carboxylic acids is 1. The van der Waals surface area contributed by atoms with Gasteiger partial charge < -0.3 is 5.11 Å².